The third kappa shape index (κ3) is 14.4. The number of hydrogen-bond donors (Lipinski definition) is 1. The number of aliphatic hydroxyl groups is 1. The van der Waals surface area contributed by atoms with E-state index < -0.39 is 0 Å². The smallest absolute Gasteiger partial charge is 0.209 e. The second kappa shape index (κ2) is 17.1. The summed E-state index contributed by atoms with van der Waals surface area (Å²) < 4.78 is 0. The highest BCUT2D eigenvalue weighted by Crippen LogP contribution is 2.25. The molecule has 1 heterocycles. The van der Waals surface area contributed by atoms with Gasteiger partial charge in [0.25, 0.3) is 0 Å². The topological polar surface area (TPSA) is 64.3 Å². The molecule has 1 aromatic carbocycles. The van der Waals surface area contributed by atoms with Crippen LogP contribution >= 0.6 is 11.6 Å². The van der Waals surface area contributed by atoms with E-state index in [1.807, 2.05) is 24.0 Å². The molecule has 1 aliphatic heterocycles. The predicted molar refractivity (Wildman–Crippen MR) is 127 cm³/mol. The molecule has 1 saturated heterocycles. The fourth-order valence-corrected chi connectivity index (χ4v) is 3.65. The molecular formula is C25H41ClN2O2. The van der Waals surface area contributed by atoms with Crippen LogP contribution in [-0.4, -0.2) is 35.6 Å². The second-order valence-electron chi connectivity index (χ2n) is 8.60. The summed E-state index contributed by atoms with van der Waals surface area (Å²) in [6.07, 6.45) is 10.9. The van der Waals surface area contributed by atoms with E-state index in [9.17, 15) is 4.79 Å². The Hall–Kier alpha value is -1.57. The number of aryl methyl sites for hydroxylation is 1. The number of nitrogens with zero attached hydrogens (tertiary/aromatic N) is 2. The van der Waals surface area contributed by atoms with E-state index in [1.54, 1.807) is 26.0 Å². The average Bonchev–Trinajstić information content (AvgIpc) is 3.15. The molecule has 1 N–H and O–H groups in total. The van der Waals surface area contributed by atoms with Crippen molar-refractivity contribution in [1.29, 1.82) is 5.26 Å². The van der Waals surface area contributed by atoms with Gasteiger partial charge in [-0.2, -0.15) is 5.26 Å². The monoisotopic (exact) mass is 436 g/mol. The maximum absolute atomic E-state index is 10.1. The van der Waals surface area contributed by atoms with Crippen molar-refractivity contribution in [3.05, 3.63) is 34.3 Å². The van der Waals surface area contributed by atoms with Gasteiger partial charge in [-0.1, -0.05) is 70.0 Å². The Morgan fingerprint density at radius 3 is 2.20 bits per heavy atom. The van der Waals surface area contributed by atoms with Crippen molar-refractivity contribution in [2.45, 2.75) is 85.7 Å². The first-order chi connectivity index (χ1) is 14.2. The van der Waals surface area contributed by atoms with Crippen LogP contribution in [0, 0.1) is 30.1 Å². The molecule has 1 aromatic rings. The minimum Gasteiger partial charge on any atom is -0.394 e. The number of aliphatic hydroxyl groups excluding tert-OH is 1. The number of hydrogen-bond acceptors (Lipinski definition) is 3. The zero-order valence-corrected chi connectivity index (χ0v) is 20.3. The number of nitriles is 1. The van der Waals surface area contributed by atoms with Crippen LogP contribution < -0.4 is 0 Å². The number of benzene rings is 1. The van der Waals surface area contributed by atoms with E-state index >= 15 is 0 Å². The number of likely N-dealkylation sites (tertiary alicyclic amines) is 1. The molecule has 1 atom stereocenters. The summed E-state index contributed by atoms with van der Waals surface area (Å²) in [6.45, 7) is 11.8. The van der Waals surface area contributed by atoms with Gasteiger partial charge >= 0.3 is 0 Å². The third-order valence-electron chi connectivity index (χ3n) is 5.15. The minimum atomic E-state index is -0.167. The molecular weight excluding hydrogens is 396 g/mol. The molecule has 0 spiro atoms. The Bertz CT molecular complexity index is 619. The zero-order chi connectivity index (χ0) is 22.9. The summed E-state index contributed by atoms with van der Waals surface area (Å²) in [5.74, 6) is 1.81. The fourth-order valence-electron chi connectivity index (χ4n) is 3.37. The molecule has 1 amide bonds. The summed E-state index contributed by atoms with van der Waals surface area (Å²) in [5, 5.41) is 17.1. The van der Waals surface area contributed by atoms with Crippen LogP contribution in [0.3, 0.4) is 0 Å². The van der Waals surface area contributed by atoms with Gasteiger partial charge in [-0.15, -0.1) is 0 Å². The first kappa shape index (κ1) is 28.4. The summed E-state index contributed by atoms with van der Waals surface area (Å²) >= 11 is 5.71. The molecule has 2 aliphatic rings. The summed E-state index contributed by atoms with van der Waals surface area (Å²) in [5.41, 5.74) is 1.61. The van der Waals surface area contributed by atoms with E-state index in [0.717, 1.165) is 36.9 Å². The standard InChI is InChI=1S/C8H6ClN.C8H16.C6H11NO.C3H8O/c1-6-2-3-7(5-10)8(9)4-6;1-2-8-6-4-3-5-7-8;1-6-2-3-7(4-6)5-8;1-3(2)4/h2-4H,1H3;8H,2-7H2,1H3;5-6H,2-4H2,1H3;3-4H,1-2H3. The van der Waals surface area contributed by atoms with Gasteiger partial charge in [-0.05, 0) is 56.7 Å². The lowest BCUT2D eigenvalue weighted by atomic mass is 9.88. The molecule has 30 heavy (non-hydrogen) atoms. The lowest BCUT2D eigenvalue weighted by Gasteiger charge is -2.18. The van der Waals surface area contributed by atoms with Crippen molar-refractivity contribution in [3.63, 3.8) is 0 Å². The van der Waals surface area contributed by atoms with Crippen molar-refractivity contribution < 1.29 is 9.90 Å². The Kier molecular flexibility index (Phi) is 16.2. The van der Waals surface area contributed by atoms with Gasteiger partial charge in [-0.3, -0.25) is 4.79 Å². The maximum Gasteiger partial charge on any atom is 0.209 e. The predicted octanol–water partition coefficient (Wildman–Crippen LogP) is 6.37. The molecule has 0 aromatic heterocycles. The van der Waals surface area contributed by atoms with E-state index in [4.69, 9.17) is 22.0 Å². The van der Waals surface area contributed by atoms with Crippen LogP contribution in [0.2, 0.25) is 5.02 Å². The van der Waals surface area contributed by atoms with Gasteiger partial charge < -0.3 is 10.0 Å². The van der Waals surface area contributed by atoms with Crippen molar-refractivity contribution >= 4 is 18.0 Å². The SMILES string of the molecule is CC(C)O.CC1CCN(C=O)C1.CCC1CCCCC1.Cc1ccc(C#N)c(Cl)c1. The largest absolute Gasteiger partial charge is 0.394 e. The number of carbonyl (C=O) groups excluding carboxylic acids is 1. The van der Waals surface area contributed by atoms with Gasteiger partial charge in [0.2, 0.25) is 6.41 Å². The lowest BCUT2D eigenvalue weighted by Crippen LogP contribution is -2.17. The lowest BCUT2D eigenvalue weighted by molar-refractivity contribution is -0.117. The summed E-state index contributed by atoms with van der Waals surface area (Å²) in [6, 6.07) is 7.35. The van der Waals surface area contributed by atoms with Gasteiger partial charge in [0.15, 0.2) is 0 Å². The van der Waals surface area contributed by atoms with E-state index in [0.29, 0.717) is 10.6 Å². The van der Waals surface area contributed by atoms with Crippen LogP contribution in [0.4, 0.5) is 0 Å². The van der Waals surface area contributed by atoms with Crippen LogP contribution in [0.5, 0.6) is 0 Å². The highest BCUT2D eigenvalue weighted by molar-refractivity contribution is 6.31. The van der Waals surface area contributed by atoms with Crippen molar-refractivity contribution in [2.24, 2.45) is 11.8 Å². The third-order valence-corrected chi connectivity index (χ3v) is 5.46. The first-order valence-corrected chi connectivity index (χ1v) is 11.6. The molecule has 1 aliphatic carbocycles. The minimum absolute atomic E-state index is 0.167. The van der Waals surface area contributed by atoms with Crippen molar-refractivity contribution in [2.75, 3.05) is 13.1 Å². The maximum atomic E-state index is 10.1. The van der Waals surface area contributed by atoms with Crippen LogP contribution in [0.1, 0.15) is 83.8 Å². The van der Waals surface area contributed by atoms with Gasteiger partial charge in [0, 0.05) is 19.2 Å². The molecule has 1 unspecified atom stereocenters. The van der Waals surface area contributed by atoms with E-state index in [2.05, 4.69) is 13.8 Å². The summed E-state index contributed by atoms with van der Waals surface area (Å²) in [4.78, 5) is 11.9. The normalized spacial score (nSPS) is 18.1. The highest BCUT2D eigenvalue weighted by atomic mass is 35.5. The molecule has 5 heteroatoms. The number of amides is 1. The quantitative estimate of drug-likeness (QED) is 0.548. The molecule has 1 saturated carbocycles. The Labute approximate surface area is 189 Å². The second-order valence-corrected chi connectivity index (χ2v) is 9.00. The number of rotatable bonds is 2. The first-order valence-electron chi connectivity index (χ1n) is 11.3. The van der Waals surface area contributed by atoms with Crippen molar-refractivity contribution in [1.82, 2.24) is 4.90 Å². The molecule has 2 fully saturated rings. The molecule has 0 radical (unpaired) electrons. The molecule has 3 rings (SSSR count). The van der Waals surface area contributed by atoms with Crippen LogP contribution in [0.15, 0.2) is 18.2 Å². The van der Waals surface area contributed by atoms with Gasteiger partial charge in [0.05, 0.1) is 10.6 Å². The van der Waals surface area contributed by atoms with E-state index in [1.165, 1.54) is 44.9 Å². The molecule has 4 nitrogen and oxygen atoms in total. The average molecular weight is 437 g/mol. The molecule has 0 bridgehead atoms. The van der Waals surface area contributed by atoms with Crippen LogP contribution in [0.25, 0.3) is 0 Å². The Morgan fingerprint density at radius 1 is 1.27 bits per heavy atom. The van der Waals surface area contributed by atoms with E-state index in [-0.39, 0.29) is 6.10 Å². The number of carbonyl (C=O) groups is 1. The van der Waals surface area contributed by atoms with Gasteiger partial charge in [0.1, 0.15) is 6.07 Å². The summed E-state index contributed by atoms with van der Waals surface area (Å²) in [7, 11) is 0. The highest BCUT2D eigenvalue weighted by Gasteiger charge is 2.15. The Morgan fingerprint density at radius 2 is 1.87 bits per heavy atom. The Balaban J connectivity index is 0.000000389. The molecule has 170 valence electrons. The zero-order valence-electron chi connectivity index (χ0n) is 19.5. The van der Waals surface area contributed by atoms with Crippen LogP contribution in [-0.2, 0) is 4.79 Å². The van der Waals surface area contributed by atoms with Crippen molar-refractivity contribution in [3.8, 4) is 6.07 Å². The fraction of sp³-hybridized carbons (Fsp3) is 0.680. The number of halogens is 1. The van der Waals surface area contributed by atoms with Gasteiger partial charge in [-0.25, -0.2) is 0 Å².